The molecule has 1 fully saturated rings. The number of nitrogens with zero attached hydrogens (tertiary/aromatic N) is 6. The van der Waals surface area contributed by atoms with Crippen LogP contribution in [0.3, 0.4) is 0 Å². The van der Waals surface area contributed by atoms with E-state index in [0.29, 0.717) is 29.5 Å². The van der Waals surface area contributed by atoms with E-state index in [-0.39, 0.29) is 11.5 Å². The minimum atomic E-state index is -0.0561. The average Bonchev–Trinajstić information content (AvgIpc) is 3.41. The van der Waals surface area contributed by atoms with Crippen molar-refractivity contribution in [2.75, 3.05) is 26.2 Å². The summed E-state index contributed by atoms with van der Waals surface area (Å²) in [5, 5.41) is 2.62. The van der Waals surface area contributed by atoms with E-state index in [1.165, 1.54) is 22.7 Å². The van der Waals surface area contributed by atoms with Gasteiger partial charge in [0.05, 0.1) is 17.1 Å². The van der Waals surface area contributed by atoms with Gasteiger partial charge in [0.25, 0.3) is 11.5 Å². The third-order valence-electron chi connectivity index (χ3n) is 5.28. The zero-order chi connectivity index (χ0) is 21.4. The number of fused-ring (bicyclic) bond motifs is 1. The number of pyridine rings is 1. The molecule has 5 rings (SSSR count). The molecule has 0 unspecified atom stereocenters. The SMILES string of the molecule is Cc1nc(-c2ccccn2)sc1C(=O)N1CCN(Cc2cc(=O)n3ccsc3n2)CC1. The van der Waals surface area contributed by atoms with Crippen molar-refractivity contribution in [1.82, 2.24) is 29.2 Å². The van der Waals surface area contributed by atoms with Crippen LogP contribution in [0.15, 0.2) is 46.8 Å². The Morgan fingerprint density at radius 1 is 1.16 bits per heavy atom. The lowest BCUT2D eigenvalue weighted by Gasteiger charge is -2.34. The molecule has 1 aliphatic rings. The molecule has 0 radical (unpaired) electrons. The Hall–Kier alpha value is -2.95. The van der Waals surface area contributed by atoms with Crippen molar-refractivity contribution < 1.29 is 4.79 Å². The number of carbonyl (C=O) groups excluding carboxylic acids is 1. The van der Waals surface area contributed by atoms with Gasteiger partial charge < -0.3 is 4.90 Å². The fourth-order valence-electron chi connectivity index (χ4n) is 3.64. The topological polar surface area (TPSA) is 83.7 Å². The number of hydrogen-bond acceptors (Lipinski definition) is 8. The number of aromatic nitrogens is 4. The zero-order valence-corrected chi connectivity index (χ0v) is 18.5. The number of rotatable bonds is 4. The lowest BCUT2D eigenvalue weighted by molar-refractivity contribution is 0.0631. The van der Waals surface area contributed by atoms with Gasteiger partial charge in [0, 0.05) is 56.6 Å². The smallest absolute Gasteiger partial charge is 0.265 e. The van der Waals surface area contributed by atoms with Crippen molar-refractivity contribution in [2.24, 2.45) is 0 Å². The van der Waals surface area contributed by atoms with Crippen LogP contribution in [0.4, 0.5) is 0 Å². The Kier molecular flexibility index (Phi) is 5.34. The molecule has 4 aromatic rings. The summed E-state index contributed by atoms with van der Waals surface area (Å²) in [4.78, 5) is 44.2. The van der Waals surface area contributed by atoms with Crippen LogP contribution in [0.1, 0.15) is 21.1 Å². The Bertz CT molecular complexity index is 1290. The Balaban J connectivity index is 1.24. The number of amides is 1. The summed E-state index contributed by atoms with van der Waals surface area (Å²) in [6.45, 7) is 5.22. The highest BCUT2D eigenvalue weighted by Crippen LogP contribution is 2.27. The standard InChI is InChI=1S/C21H20N6O2S2/c1-14-18(31-19(23-14)16-4-2-3-5-22-16)20(29)26-8-6-25(7-9-26)13-15-12-17(28)27-10-11-30-21(27)24-15/h2-5,10-12H,6-9,13H2,1H3. The van der Waals surface area contributed by atoms with Crippen molar-refractivity contribution in [1.29, 1.82) is 0 Å². The molecule has 0 saturated carbocycles. The van der Waals surface area contributed by atoms with Crippen LogP contribution in [0.5, 0.6) is 0 Å². The van der Waals surface area contributed by atoms with Crippen LogP contribution in [0.25, 0.3) is 15.7 Å². The average molecular weight is 453 g/mol. The van der Waals surface area contributed by atoms with E-state index in [1.54, 1.807) is 22.9 Å². The predicted octanol–water partition coefficient (Wildman–Crippen LogP) is 2.54. The van der Waals surface area contributed by atoms with E-state index < -0.39 is 0 Å². The lowest BCUT2D eigenvalue weighted by atomic mass is 10.2. The van der Waals surface area contributed by atoms with Gasteiger partial charge in [-0.25, -0.2) is 9.97 Å². The maximum Gasteiger partial charge on any atom is 0.265 e. The summed E-state index contributed by atoms with van der Waals surface area (Å²) in [7, 11) is 0. The summed E-state index contributed by atoms with van der Waals surface area (Å²) in [5.74, 6) is 0.0215. The van der Waals surface area contributed by atoms with Crippen LogP contribution in [-0.4, -0.2) is 61.2 Å². The van der Waals surface area contributed by atoms with Gasteiger partial charge in [-0.2, -0.15) is 0 Å². The molecule has 1 amide bonds. The number of aryl methyl sites for hydroxylation is 1. The Morgan fingerprint density at radius 2 is 2.00 bits per heavy atom. The van der Waals surface area contributed by atoms with Crippen LogP contribution < -0.4 is 5.56 Å². The molecule has 4 aromatic heterocycles. The quantitative estimate of drug-likeness (QED) is 0.473. The first kappa shape index (κ1) is 20.0. The van der Waals surface area contributed by atoms with Gasteiger partial charge in [-0.1, -0.05) is 6.07 Å². The molecule has 0 aliphatic carbocycles. The van der Waals surface area contributed by atoms with Crippen LogP contribution in [-0.2, 0) is 6.54 Å². The van der Waals surface area contributed by atoms with E-state index in [2.05, 4.69) is 19.9 Å². The molecule has 1 aliphatic heterocycles. The molecule has 0 spiro atoms. The summed E-state index contributed by atoms with van der Waals surface area (Å²) in [6.07, 6.45) is 3.47. The molecule has 10 heteroatoms. The summed E-state index contributed by atoms with van der Waals surface area (Å²) < 4.78 is 1.56. The lowest BCUT2D eigenvalue weighted by Crippen LogP contribution is -2.48. The van der Waals surface area contributed by atoms with Gasteiger partial charge in [0.1, 0.15) is 9.88 Å². The minimum Gasteiger partial charge on any atom is -0.335 e. The predicted molar refractivity (Wildman–Crippen MR) is 121 cm³/mol. The first-order chi connectivity index (χ1) is 15.1. The number of piperazine rings is 1. The minimum absolute atomic E-state index is 0.0215. The molecule has 158 valence electrons. The third-order valence-corrected chi connectivity index (χ3v) is 7.20. The van der Waals surface area contributed by atoms with Gasteiger partial charge in [-0.3, -0.25) is 23.9 Å². The van der Waals surface area contributed by atoms with E-state index in [9.17, 15) is 9.59 Å². The summed E-state index contributed by atoms with van der Waals surface area (Å²) in [5.41, 5.74) is 2.24. The van der Waals surface area contributed by atoms with Crippen molar-refractivity contribution in [2.45, 2.75) is 13.5 Å². The van der Waals surface area contributed by atoms with Crippen LogP contribution in [0.2, 0.25) is 0 Å². The van der Waals surface area contributed by atoms with E-state index in [1.807, 2.05) is 35.4 Å². The highest BCUT2D eigenvalue weighted by Gasteiger charge is 2.26. The highest BCUT2D eigenvalue weighted by molar-refractivity contribution is 7.17. The molecule has 0 N–H and O–H groups in total. The largest absolute Gasteiger partial charge is 0.335 e. The Morgan fingerprint density at radius 3 is 2.77 bits per heavy atom. The summed E-state index contributed by atoms with van der Waals surface area (Å²) in [6, 6.07) is 7.27. The van der Waals surface area contributed by atoms with Crippen molar-refractivity contribution in [3.8, 4) is 10.7 Å². The van der Waals surface area contributed by atoms with Gasteiger partial charge >= 0.3 is 0 Å². The first-order valence-electron chi connectivity index (χ1n) is 9.95. The van der Waals surface area contributed by atoms with Crippen LogP contribution in [0, 0.1) is 6.92 Å². The second kappa shape index (κ2) is 8.29. The first-order valence-corrected chi connectivity index (χ1v) is 11.6. The van der Waals surface area contributed by atoms with E-state index in [0.717, 1.165) is 35.2 Å². The molecule has 0 atom stereocenters. The molecule has 0 bridgehead atoms. The normalized spacial score (nSPS) is 14.9. The molecular formula is C21H20N6O2S2. The van der Waals surface area contributed by atoms with Gasteiger partial charge in [-0.15, -0.1) is 22.7 Å². The third kappa shape index (κ3) is 4.01. The van der Waals surface area contributed by atoms with Crippen LogP contribution >= 0.6 is 22.7 Å². The fourth-order valence-corrected chi connectivity index (χ4v) is 5.39. The zero-order valence-electron chi connectivity index (χ0n) is 16.9. The van der Waals surface area contributed by atoms with Gasteiger partial charge in [-0.05, 0) is 19.1 Å². The number of thiazole rings is 2. The van der Waals surface area contributed by atoms with Gasteiger partial charge in [0.2, 0.25) is 0 Å². The second-order valence-corrected chi connectivity index (χ2v) is 9.23. The van der Waals surface area contributed by atoms with Crippen molar-refractivity contribution in [3.63, 3.8) is 0 Å². The van der Waals surface area contributed by atoms with Crippen molar-refractivity contribution in [3.05, 3.63) is 68.7 Å². The molecule has 8 nitrogen and oxygen atoms in total. The molecular weight excluding hydrogens is 432 g/mol. The molecule has 0 aromatic carbocycles. The number of hydrogen-bond donors (Lipinski definition) is 0. The fraction of sp³-hybridized carbons (Fsp3) is 0.286. The van der Waals surface area contributed by atoms with E-state index in [4.69, 9.17) is 0 Å². The second-order valence-electron chi connectivity index (χ2n) is 7.36. The highest BCUT2D eigenvalue weighted by atomic mass is 32.1. The van der Waals surface area contributed by atoms with E-state index >= 15 is 0 Å². The Labute approximate surface area is 186 Å². The molecule has 5 heterocycles. The van der Waals surface area contributed by atoms with Gasteiger partial charge in [0.15, 0.2) is 4.96 Å². The molecule has 1 saturated heterocycles. The maximum absolute atomic E-state index is 13.1. The maximum atomic E-state index is 13.1. The van der Waals surface area contributed by atoms with Crippen molar-refractivity contribution >= 4 is 33.5 Å². The molecule has 31 heavy (non-hydrogen) atoms. The number of carbonyl (C=O) groups is 1. The summed E-state index contributed by atoms with van der Waals surface area (Å²) >= 11 is 2.85. The monoisotopic (exact) mass is 452 g/mol.